The van der Waals surface area contributed by atoms with Crippen molar-refractivity contribution < 1.29 is 0 Å². The molecule has 1 aliphatic heterocycles. The predicted octanol–water partition coefficient (Wildman–Crippen LogP) is 6.78. The molecule has 2 N–H and O–H groups in total. The number of likely N-dealkylation sites (tertiary alicyclic amines) is 1. The van der Waals surface area contributed by atoms with Gasteiger partial charge >= 0.3 is 0 Å². The van der Waals surface area contributed by atoms with Crippen molar-refractivity contribution >= 4 is 27.4 Å². The van der Waals surface area contributed by atoms with Crippen molar-refractivity contribution in [3.8, 4) is 22.5 Å². The molecule has 1 aliphatic rings. The summed E-state index contributed by atoms with van der Waals surface area (Å²) in [4.78, 5) is 14.7. The van der Waals surface area contributed by atoms with Gasteiger partial charge in [-0.2, -0.15) is 5.10 Å². The Morgan fingerprint density at radius 3 is 2.62 bits per heavy atom. The molecule has 0 spiro atoms. The number of aromatic nitrogens is 5. The van der Waals surface area contributed by atoms with Crippen molar-refractivity contribution in [1.29, 1.82) is 0 Å². The quantitative estimate of drug-likeness (QED) is 0.249. The Morgan fingerprint density at radius 1 is 1.00 bits per heavy atom. The number of benzene rings is 1. The van der Waals surface area contributed by atoms with E-state index in [1.54, 1.807) is 12.4 Å². The number of allylic oxidation sites excluding steroid dienone is 3. The fourth-order valence-corrected chi connectivity index (χ4v) is 5.24. The van der Waals surface area contributed by atoms with Gasteiger partial charge in [0, 0.05) is 41.5 Å². The second kappa shape index (κ2) is 9.99. The average molecular weight is 487 g/mol. The van der Waals surface area contributed by atoms with Crippen molar-refractivity contribution in [2.45, 2.75) is 19.8 Å². The molecule has 6 heteroatoms. The van der Waals surface area contributed by atoms with E-state index < -0.39 is 0 Å². The van der Waals surface area contributed by atoms with E-state index in [0.717, 1.165) is 56.4 Å². The summed E-state index contributed by atoms with van der Waals surface area (Å²) in [5.74, 6) is 0. The molecule has 184 valence electrons. The Labute approximate surface area is 216 Å². The summed E-state index contributed by atoms with van der Waals surface area (Å²) >= 11 is 0. The minimum absolute atomic E-state index is 0.897. The van der Waals surface area contributed by atoms with Gasteiger partial charge in [-0.05, 0) is 85.5 Å². The Bertz CT molecular complexity index is 1630. The molecule has 1 fully saturated rings. The van der Waals surface area contributed by atoms with Crippen LogP contribution in [-0.2, 0) is 0 Å². The van der Waals surface area contributed by atoms with Gasteiger partial charge < -0.3 is 4.98 Å². The number of H-pyrrole nitrogens is 2. The molecule has 0 bridgehead atoms. The molecule has 5 aromatic rings. The van der Waals surface area contributed by atoms with Crippen LogP contribution in [0.5, 0.6) is 0 Å². The van der Waals surface area contributed by atoms with Crippen LogP contribution in [0.3, 0.4) is 0 Å². The predicted molar refractivity (Wildman–Crippen MR) is 152 cm³/mol. The third-order valence-electron chi connectivity index (χ3n) is 7.21. The fourth-order valence-electron chi connectivity index (χ4n) is 5.24. The zero-order chi connectivity index (χ0) is 25.2. The summed E-state index contributed by atoms with van der Waals surface area (Å²) in [5.41, 5.74) is 9.58. The van der Waals surface area contributed by atoms with Crippen LogP contribution < -0.4 is 0 Å². The van der Waals surface area contributed by atoms with Crippen LogP contribution in [0.25, 0.3) is 49.9 Å². The number of rotatable bonds is 7. The maximum absolute atomic E-state index is 4.69. The van der Waals surface area contributed by atoms with E-state index in [9.17, 15) is 0 Å². The van der Waals surface area contributed by atoms with Gasteiger partial charge in [0.2, 0.25) is 0 Å². The molecule has 0 unspecified atom stereocenters. The summed E-state index contributed by atoms with van der Waals surface area (Å²) in [6, 6.07) is 12.7. The van der Waals surface area contributed by atoms with Crippen molar-refractivity contribution in [2.75, 3.05) is 19.6 Å². The van der Waals surface area contributed by atoms with Gasteiger partial charge in [-0.25, -0.2) is 0 Å². The van der Waals surface area contributed by atoms with E-state index in [1.807, 2.05) is 30.6 Å². The van der Waals surface area contributed by atoms with E-state index in [2.05, 4.69) is 74.9 Å². The van der Waals surface area contributed by atoms with Crippen LogP contribution in [0.4, 0.5) is 0 Å². The second-order valence-electron chi connectivity index (χ2n) is 9.55. The minimum atomic E-state index is 0.897. The van der Waals surface area contributed by atoms with Gasteiger partial charge in [0.15, 0.2) is 0 Å². The molecule has 1 saturated heterocycles. The van der Waals surface area contributed by atoms with Gasteiger partial charge in [0.25, 0.3) is 0 Å². The highest BCUT2D eigenvalue weighted by Crippen LogP contribution is 2.34. The molecule has 6 nitrogen and oxygen atoms in total. The van der Waals surface area contributed by atoms with Crippen LogP contribution in [0.15, 0.2) is 91.6 Å². The zero-order valence-electron chi connectivity index (χ0n) is 21.0. The van der Waals surface area contributed by atoms with Gasteiger partial charge in [-0.3, -0.25) is 20.0 Å². The molecule has 6 rings (SSSR count). The Morgan fingerprint density at radius 2 is 1.84 bits per heavy atom. The molecule has 0 radical (unpaired) electrons. The normalized spacial score (nSPS) is 15.2. The summed E-state index contributed by atoms with van der Waals surface area (Å²) in [6.07, 6.45) is 16.4. The van der Waals surface area contributed by atoms with Crippen molar-refractivity contribution in [3.63, 3.8) is 0 Å². The van der Waals surface area contributed by atoms with Gasteiger partial charge in [0.05, 0.1) is 22.9 Å². The minimum Gasteiger partial charge on any atom is -0.352 e. The number of nitrogens with one attached hydrogen (secondary N) is 2. The number of aromatic amines is 2. The molecule has 5 heterocycles. The van der Waals surface area contributed by atoms with Crippen molar-refractivity contribution in [2.24, 2.45) is 0 Å². The van der Waals surface area contributed by atoms with E-state index in [1.165, 1.54) is 37.1 Å². The summed E-state index contributed by atoms with van der Waals surface area (Å²) in [5, 5.41) is 10.1. The highest BCUT2D eigenvalue weighted by molar-refractivity contribution is 6.01. The maximum atomic E-state index is 4.69. The van der Waals surface area contributed by atoms with E-state index in [0.29, 0.717) is 0 Å². The number of pyridine rings is 2. The third kappa shape index (κ3) is 4.52. The number of hydrogen-bond acceptors (Lipinski definition) is 4. The van der Waals surface area contributed by atoms with Crippen LogP contribution in [0.2, 0.25) is 0 Å². The van der Waals surface area contributed by atoms with Crippen LogP contribution in [-0.4, -0.2) is 49.7 Å². The highest BCUT2D eigenvalue weighted by Gasteiger charge is 2.16. The highest BCUT2D eigenvalue weighted by atomic mass is 15.1. The lowest BCUT2D eigenvalue weighted by molar-refractivity contribution is 0.371. The molecule has 1 aromatic carbocycles. The number of fused-ring (bicyclic) bond motifs is 2. The monoisotopic (exact) mass is 486 g/mol. The Hall–Kier alpha value is -4.29. The average Bonchev–Trinajstić information content (AvgIpc) is 3.70. The summed E-state index contributed by atoms with van der Waals surface area (Å²) < 4.78 is 0. The molecule has 37 heavy (non-hydrogen) atoms. The second-order valence-corrected chi connectivity index (χ2v) is 9.55. The maximum Gasteiger partial charge on any atom is 0.116 e. The zero-order valence-corrected chi connectivity index (χ0v) is 21.0. The first-order valence-corrected chi connectivity index (χ1v) is 12.8. The van der Waals surface area contributed by atoms with Crippen molar-refractivity contribution in [3.05, 3.63) is 97.1 Å². The Kier molecular flexibility index (Phi) is 6.25. The largest absolute Gasteiger partial charge is 0.352 e. The SMILES string of the molecule is C=C/C(=C\C(=C/C)c1ccc2[nH]nc(-c3cc4c(-c5ccncc5)cncc4[nH]3)c2c1)CN1CCCC1. The molecule has 0 atom stereocenters. The summed E-state index contributed by atoms with van der Waals surface area (Å²) in [6.45, 7) is 9.46. The lowest BCUT2D eigenvalue weighted by Crippen LogP contribution is -2.21. The van der Waals surface area contributed by atoms with Crippen LogP contribution >= 0.6 is 0 Å². The van der Waals surface area contributed by atoms with Crippen LogP contribution in [0, 0.1) is 0 Å². The molecule has 0 aliphatic carbocycles. The smallest absolute Gasteiger partial charge is 0.116 e. The van der Waals surface area contributed by atoms with E-state index in [4.69, 9.17) is 5.10 Å². The Balaban J connectivity index is 1.38. The van der Waals surface area contributed by atoms with Gasteiger partial charge in [-0.15, -0.1) is 0 Å². The first-order chi connectivity index (χ1) is 18.2. The molecular weight excluding hydrogens is 456 g/mol. The van der Waals surface area contributed by atoms with E-state index >= 15 is 0 Å². The molecule has 4 aromatic heterocycles. The fraction of sp³-hybridized carbons (Fsp3) is 0.194. The van der Waals surface area contributed by atoms with Crippen LogP contribution in [0.1, 0.15) is 25.3 Å². The first-order valence-electron chi connectivity index (χ1n) is 12.8. The molecular formula is C31H30N6. The standard InChI is InChI=1S/C31H30N6/c1-3-21(20-37-13-5-6-14-37)15-22(4-2)24-7-8-28-26(16-24)31(36-35-28)29-17-25-27(18-33-19-30(25)34-29)23-9-11-32-12-10-23/h3-4,7-12,15-19,34H,1,5-6,13-14,20H2,2H3,(H,35,36)/b21-15+,22-4+. The topological polar surface area (TPSA) is 73.5 Å². The van der Waals surface area contributed by atoms with Gasteiger partial charge in [-0.1, -0.05) is 30.9 Å². The van der Waals surface area contributed by atoms with E-state index in [-0.39, 0.29) is 0 Å². The number of nitrogens with zero attached hydrogens (tertiary/aromatic N) is 4. The van der Waals surface area contributed by atoms with Gasteiger partial charge in [0.1, 0.15) is 5.69 Å². The number of hydrogen-bond donors (Lipinski definition) is 2. The summed E-state index contributed by atoms with van der Waals surface area (Å²) in [7, 11) is 0. The van der Waals surface area contributed by atoms with Crippen molar-refractivity contribution in [1.82, 2.24) is 30.0 Å². The first kappa shape index (κ1) is 23.1. The lowest BCUT2D eigenvalue weighted by atomic mass is 9.99. The third-order valence-corrected chi connectivity index (χ3v) is 7.21. The molecule has 0 saturated carbocycles. The molecule has 0 amide bonds. The lowest BCUT2D eigenvalue weighted by Gasteiger charge is -2.15.